The second-order valence-electron chi connectivity index (χ2n) is 7.21. The van der Waals surface area contributed by atoms with E-state index in [1.54, 1.807) is 41.3 Å². The summed E-state index contributed by atoms with van der Waals surface area (Å²) in [5, 5.41) is 8.67. The SMILES string of the molecule is COc1ccc(Br)cc1-c1nnc2n(Cc3ccc(F)cc3)c3c(=O)[nH]c(=O)n(C)c3n12. The van der Waals surface area contributed by atoms with E-state index in [0.29, 0.717) is 28.6 Å². The molecule has 1 N–H and O–H groups in total. The first kappa shape index (κ1) is 20.2. The molecule has 0 bridgehead atoms. The molecular formula is C21H16BrFN6O3. The Labute approximate surface area is 187 Å². The van der Waals surface area contributed by atoms with Crippen molar-refractivity contribution >= 4 is 32.9 Å². The minimum Gasteiger partial charge on any atom is -0.496 e. The minimum absolute atomic E-state index is 0.225. The van der Waals surface area contributed by atoms with E-state index in [1.165, 1.54) is 16.7 Å². The topological polar surface area (TPSA) is 99.2 Å². The molecular weight excluding hydrogens is 483 g/mol. The lowest BCUT2D eigenvalue weighted by molar-refractivity contribution is 0.416. The lowest BCUT2D eigenvalue weighted by atomic mass is 10.2. The van der Waals surface area contributed by atoms with Crippen LogP contribution in [0.2, 0.25) is 0 Å². The van der Waals surface area contributed by atoms with E-state index in [4.69, 9.17) is 4.74 Å². The predicted molar refractivity (Wildman–Crippen MR) is 120 cm³/mol. The minimum atomic E-state index is -0.566. The summed E-state index contributed by atoms with van der Waals surface area (Å²) in [5.74, 6) is 0.953. The predicted octanol–water partition coefficient (Wildman–Crippen LogP) is 2.70. The molecule has 0 radical (unpaired) electrons. The van der Waals surface area contributed by atoms with E-state index in [1.807, 2.05) is 12.1 Å². The van der Waals surface area contributed by atoms with Crippen LogP contribution in [0, 0.1) is 5.82 Å². The van der Waals surface area contributed by atoms with Crippen molar-refractivity contribution in [3.63, 3.8) is 0 Å². The van der Waals surface area contributed by atoms with Gasteiger partial charge in [0.25, 0.3) is 5.56 Å². The fraction of sp³-hybridized carbons (Fsp3) is 0.143. The van der Waals surface area contributed by atoms with Gasteiger partial charge in [-0.05, 0) is 35.9 Å². The number of nitrogens with one attached hydrogen (secondary N) is 1. The third kappa shape index (κ3) is 3.04. The molecule has 3 heterocycles. The van der Waals surface area contributed by atoms with Crippen LogP contribution in [0.5, 0.6) is 5.75 Å². The largest absolute Gasteiger partial charge is 0.496 e. The molecule has 0 aliphatic rings. The standard InChI is InChI=1S/C21H16BrFN6O3/c1-27-19-16(18(30)24-21(27)31)28(10-11-3-6-13(23)7-4-11)20-26-25-17(29(19)20)14-9-12(22)5-8-15(14)32-2/h3-9H,10H2,1-2H3,(H,24,30,31). The molecule has 0 saturated carbocycles. The summed E-state index contributed by atoms with van der Waals surface area (Å²) >= 11 is 3.46. The molecule has 5 rings (SSSR count). The number of halogens is 2. The van der Waals surface area contributed by atoms with Crippen molar-refractivity contribution < 1.29 is 9.13 Å². The lowest BCUT2D eigenvalue weighted by Gasteiger charge is -2.08. The molecule has 32 heavy (non-hydrogen) atoms. The summed E-state index contributed by atoms with van der Waals surface area (Å²) in [7, 11) is 3.10. The average molecular weight is 499 g/mol. The summed E-state index contributed by atoms with van der Waals surface area (Å²) in [5.41, 5.74) is 0.841. The number of nitrogens with zero attached hydrogens (tertiary/aromatic N) is 5. The fourth-order valence-electron chi connectivity index (χ4n) is 3.79. The summed E-state index contributed by atoms with van der Waals surface area (Å²) in [4.78, 5) is 27.6. The molecule has 2 aromatic carbocycles. The van der Waals surface area contributed by atoms with Gasteiger partial charge in [0.1, 0.15) is 11.6 Å². The smallest absolute Gasteiger partial charge is 0.329 e. The zero-order valence-electron chi connectivity index (χ0n) is 17.0. The highest BCUT2D eigenvalue weighted by Gasteiger charge is 2.24. The monoisotopic (exact) mass is 498 g/mol. The van der Waals surface area contributed by atoms with Crippen LogP contribution in [0.3, 0.4) is 0 Å². The van der Waals surface area contributed by atoms with Gasteiger partial charge in [-0.3, -0.25) is 18.9 Å². The normalized spacial score (nSPS) is 11.5. The number of aryl methyl sites for hydroxylation is 1. The van der Waals surface area contributed by atoms with Gasteiger partial charge in [-0.25, -0.2) is 13.6 Å². The van der Waals surface area contributed by atoms with Crippen molar-refractivity contribution in [2.24, 2.45) is 7.05 Å². The number of ether oxygens (including phenoxy) is 1. The molecule has 0 atom stereocenters. The number of benzene rings is 2. The Morgan fingerprint density at radius 3 is 2.59 bits per heavy atom. The van der Waals surface area contributed by atoms with Gasteiger partial charge < -0.3 is 4.74 Å². The Morgan fingerprint density at radius 1 is 1.12 bits per heavy atom. The Morgan fingerprint density at radius 2 is 1.88 bits per heavy atom. The van der Waals surface area contributed by atoms with Crippen molar-refractivity contribution in [1.29, 1.82) is 0 Å². The zero-order valence-corrected chi connectivity index (χ0v) is 18.6. The second kappa shape index (κ2) is 7.45. The molecule has 9 nitrogen and oxygen atoms in total. The summed E-state index contributed by atoms with van der Waals surface area (Å²) < 4.78 is 24.3. The van der Waals surface area contributed by atoms with Gasteiger partial charge in [0, 0.05) is 11.5 Å². The fourth-order valence-corrected chi connectivity index (χ4v) is 4.15. The van der Waals surface area contributed by atoms with E-state index in [-0.39, 0.29) is 17.9 Å². The average Bonchev–Trinajstić information content (AvgIpc) is 3.33. The van der Waals surface area contributed by atoms with Gasteiger partial charge in [-0.2, -0.15) is 0 Å². The number of imidazole rings is 1. The number of aromatic amines is 1. The van der Waals surface area contributed by atoms with Crippen LogP contribution < -0.4 is 16.0 Å². The van der Waals surface area contributed by atoms with Crippen molar-refractivity contribution in [3.8, 4) is 17.1 Å². The molecule has 0 saturated heterocycles. The van der Waals surface area contributed by atoms with Gasteiger partial charge in [-0.1, -0.05) is 28.1 Å². The van der Waals surface area contributed by atoms with E-state index in [0.717, 1.165) is 10.0 Å². The van der Waals surface area contributed by atoms with Crippen LogP contribution in [0.15, 0.2) is 56.5 Å². The maximum atomic E-state index is 13.4. The highest BCUT2D eigenvalue weighted by molar-refractivity contribution is 9.10. The molecule has 11 heteroatoms. The Bertz CT molecular complexity index is 1610. The van der Waals surface area contributed by atoms with Gasteiger partial charge in [-0.15, -0.1) is 10.2 Å². The Balaban J connectivity index is 1.89. The van der Waals surface area contributed by atoms with Crippen LogP contribution in [0.25, 0.3) is 28.3 Å². The Kier molecular flexibility index (Phi) is 4.70. The van der Waals surface area contributed by atoms with Gasteiger partial charge >= 0.3 is 5.69 Å². The van der Waals surface area contributed by atoms with Gasteiger partial charge in [0.15, 0.2) is 17.0 Å². The number of methoxy groups -OCH3 is 1. The number of hydrogen-bond acceptors (Lipinski definition) is 5. The zero-order chi connectivity index (χ0) is 22.6. The van der Waals surface area contributed by atoms with Gasteiger partial charge in [0.2, 0.25) is 5.78 Å². The molecule has 0 spiro atoms. The number of rotatable bonds is 4. The molecule has 5 aromatic rings. The second-order valence-corrected chi connectivity index (χ2v) is 8.12. The highest BCUT2D eigenvalue weighted by Crippen LogP contribution is 2.33. The van der Waals surface area contributed by atoms with Crippen molar-refractivity contribution in [1.82, 2.24) is 28.7 Å². The maximum Gasteiger partial charge on any atom is 0.329 e. The first-order chi connectivity index (χ1) is 15.4. The number of H-pyrrole nitrogens is 1. The summed E-state index contributed by atoms with van der Waals surface area (Å²) in [6.07, 6.45) is 0. The first-order valence-corrected chi connectivity index (χ1v) is 10.3. The number of aromatic nitrogens is 6. The maximum absolute atomic E-state index is 13.4. The summed E-state index contributed by atoms with van der Waals surface area (Å²) in [6.45, 7) is 0.225. The molecule has 0 aliphatic heterocycles. The first-order valence-electron chi connectivity index (χ1n) is 9.54. The molecule has 0 fully saturated rings. The van der Waals surface area contributed by atoms with E-state index in [2.05, 4.69) is 31.1 Å². The summed E-state index contributed by atoms with van der Waals surface area (Å²) in [6, 6.07) is 11.4. The van der Waals surface area contributed by atoms with E-state index >= 15 is 0 Å². The molecule has 0 unspecified atom stereocenters. The van der Waals surface area contributed by atoms with Crippen LogP contribution in [0.1, 0.15) is 5.56 Å². The molecule has 0 aliphatic carbocycles. The molecule has 3 aromatic heterocycles. The van der Waals surface area contributed by atoms with Crippen LogP contribution in [-0.2, 0) is 13.6 Å². The van der Waals surface area contributed by atoms with Crippen LogP contribution in [0.4, 0.5) is 4.39 Å². The third-order valence-corrected chi connectivity index (χ3v) is 5.79. The lowest BCUT2D eigenvalue weighted by Crippen LogP contribution is -2.29. The highest BCUT2D eigenvalue weighted by atomic mass is 79.9. The van der Waals surface area contributed by atoms with Crippen molar-refractivity contribution in [2.45, 2.75) is 6.54 Å². The third-order valence-electron chi connectivity index (χ3n) is 5.30. The van der Waals surface area contributed by atoms with Crippen LogP contribution >= 0.6 is 15.9 Å². The van der Waals surface area contributed by atoms with Crippen molar-refractivity contribution in [2.75, 3.05) is 7.11 Å². The number of hydrogen-bond donors (Lipinski definition) is 1. The Hall–Kier alpha value is -3.73. The van der Waals surface area contributed by atoms with E-state index in [9.17, 15) is 14.0 Å². The van der Waals surface area contributed by atoms with E-state index < -0.39 is 11.2 Å². The molecule has 162 valence electrons. The number of fused-ring (bicyclic) bond motifs is 3. The van der Waals surface area contributed by atoms with Gasteiger partial charge in [0.05, 0.1) is 19.2 Å². The quantitative estimate of drug-likeness (QED) is 0.410. The van der Waals surface area contributed by atoms with Crippen LogP contribution in [-0.4, -0.2) is 35.8 Å². The molecule has 0 amide bonds. The van der Waals surface area contributed by atoms with Crippen molar-refractivity contribution in [3.05, 3.63) is 79.2 Å².